The van der Waals surface area contributed by atoms with E-state index in [0.29, 0.717) is 13.1 Å². The van der Waals surface area contributed by atoms with Crippen LogP contribution in [-0.4, -0.2) is 30.9 Å². The van der Waals surface area contributed by atoms with Gasteiger partial charge < -0.3 is 9.64 Å². The number of para-hydroxylation sites is 1. The Balaban J connectivity index is 1.64. The van der Waals surface area contributed by atoms with Gasteiger partial charge in [-0.15, -0.1) is 13.2 Å². The average molecular weight is 350 g/mol. The molecule has 132 valence electrons. The summed E-state index contributed by atoms with van der Waals surface area (Å²) >= 11 is 0. The molecule has 0 N–H and O–H groups in total. The fraction of sp³-hybridized carbons (Fsp3) is 0.278. The maximum Gasteiger partial charge on any atom is 0.573 e. The lowest BCUT2D eigenvalue weighted by molar-refractivity contribution is -0.274. The zero-order chi connectivity index (χ0) is 18.0. The number of nitrogens with zero attached hydrogens (tertiary/aromatic N) is 2. The first-order valence-electron chi connectivity index (χ1n) is 7.79. The van der Waals surface area contributed by atoms with E-state index < -0.39 is 6.36 Å². The third-order valence-electron chi connectivity index (χ3n) is 4.02. The van der Waals surface area contributed by atoms with Crippen molar-refractivity contribution < 1.29 is 22.7 Å². The topological polar surface area (TPSA) is 32.8 Å². The third kappa shape index (κ3) is 4.04. The lowest BCUT2D eigenvalue weighted by atomic mass is 10.2. The second kappa shape index (κ2) is 6.66. The largest absolute Gasteiger partial charge is 0.573 e. The lowest BCUT2D eigenvalue weighted by Gasteiger charge is -2.25. The number of carbonyl (C=O) groups is 1. The minimum atomic E-state index is -4.71. The van der Waals surface area contributed by atoms with Crippen LogP contribution in [0.25, 0.3) is 0 Å². The van der Waals surface area contributed by atoms with Crippen molar-refractivity contribution in [2.45, 2.75) is 19.3 Å². The Morgan fingerprint density at radius 1 is 1.16 bits per heavy atom. The molecule has 1 aliphatic heterocycles. The van der Waals surface area contributed by atoms with Gasteiger partial charge in [-0.25, -0.2) is 4.79 Å². The molecule has 0 bridgehead atoms. The predicted molar refractivity (Wildman–Crippen MR) is 87.5 cm³/mol. The van der Waals surface area contributed by atoms with Crippen LogP contribution in [0.15, 0.2) is 48.5 Å². The summed E-state index contributed by atoms with van der Waals surface area (Å²) in [6, 6.07) is 13.1. The van der Waals surface area contributed by atoms with Crippen molar-refractivity contribution in [1.82, 2.24) is 4.90 Å². The highest BCUT2D eigenvalue weighted by Gasteiger charge is 2.31. The van der Waals surface area contributed by atoms with Crippen molar-refractivity contribution >= 4 is 11.7 Å². The second-order valence-electron chi connectivity index (χ2n) is 5.86. The first-order valence-corrected chi connectivity index (χ1v) is 7.79. The number of ether oxygens (including phenoxy) is 1. The Morgan fingerprint density at radius 2 is 1.84 bits per heavy atom. The van der Waals surface area contributed by atoms with E-state index in [4.69, 9.17) is 0 Å². The number of urea groups is 1. The molecular formula is C18H17F3N2O2. The number of hydrogen-bond acceptors (Lipinski definition) is 2. The molecule has 0 spiro atoms. The molecule has 0 fully saturated rings. The zero-order valence-corrected chi connectivity index (χ0v) is 13.6. The van der Waals surface area contributed by atoms with Gasteiger partial charge in [0, 0.05) is 25.8 Å². The van der Waals surface area contributed by atoms with Crippen LogP contribution in [0.4, 0.5) is 23.7 Å². The first kappa shape index (κ1) is 17.1. The van der Waals surface area contributed by atoms with Crippen LogP contribution < -0.4 is 9.64 Å². The molecule has 0 aliphatic carbocycles. The molecule has 2 aromatic rings. The molecule has 0 saturated heterocycles. The Hall–Kier alpha value is -2.70. The summed E-state index contributed by atoms with van der Waals surface area (Å²) in [7, 11) is 1.67. The van der Waals surface area contributed by atoms with Crippen molar-refractivity contribution in [3.63, 3.8) is 0 Å². The van der Waals surface area contributed by atoms with Crippen LogP contribution in [0.5, 0.6) is 5.75 Å². The lowest BCUT2D eigenvalue weighted by Crippen LogP contribution is -2.39. The second-order valence-corrected chi connectivity index (χ2v) is 5.86. The molecule has 0 atom stereocenters. The summed E-state index contributed by atoms with van der Waals surface area (Å²) in [6.45, 7) is 0.921. The van der Waals surface area contributed by atoms with E-state index in [1.54, 1.807) is 16.8 Å². The van der Waals surface area contributed by atoms with Crippen molar-refractivity contribution in [2.24, 2.45) is 0 Å². The van der Waals surface area contributed by atoms with Gasteiger partial charge in [0.15, 0.2) is 0 Å². The van der Waals surface area contributed by atoms with Crippen LogP contribution in [0.3, 0.4) is 0 Å². The maximum atomic E-state index is 12.6. The molecule has 2 amide bonds. The molecule has 4 nitrogen and oxygen atoms in total. The van der Waals surface area contributed by atoms with Crippen LogP contribution in [0, 0.1) is 0 Å². The van der Waals surface area contributed by atoms with E-state index in [2.05, 4.69) is 4.74 Å². The summed E-state index contributed by atoms with van der Waals surface area (Å²) in [4.78, 5) is 15.9. The number of carbonyl (C=O) groups excluding carboxylic acids is 1. The van der Waals surface area contributed by atoms with Crippen LogP contribution in [-0.2, 0) is 13.0 Å². The van der Waals surface area contributed by atoms with Crippen LogP contribution in [0.1, 0.15) is 11.1 Å². The van der Waals surface area contributed by atoms with Gasteiger partial charge in [-0.1, -0.05) is 30.3 Å². The third-order valence-corrected chi connectivity index (χ3v) is 4.02. The van der Waals surface area contributed by atoms with Crippen molar-refractivity contribution in [2.75, 3.05) is 18.5 Å². The molecule has 0 radical (unpaired) electrons. The number of rotatable bonds is 3. The highest BCUT2D eigenvalue weighted by molar-refractivity contribution is 5.94. The molecule has 0 saturated carbocycles. The van der Waals surface area contributed by atoms with E-state index >= 15 is 0 Å². The number of fused-ring (bicyclic) bond motifs is 1. The molecule has 2 aromatic carbocycles. The highest BCUT2D eigenvalue weighted by atomic mass is 19.4. The van der Waals surface area contributed by atoms with Gasteiger partial charge in [0.1, 0.15) is 5.75 Å². The number of anilines is 1. The molecule has 0 aromatic heterocycles. The SMILES string of the molecule is CN(Cc1ccc(OC(F)(F)F)cc1)C(=O)N1CCc2ccccc21. The van der Waals surface area contributed by atoms with Crippen molar-refractivity contribution in [3.8, 4) is 5.75 Å². The monoisotopic (exact) mass is 350 g/mol. The summed E-state index contributed by atoms with van der Waals surface area (Å²) in [5.74, 6) is -0.279. The smallest absolute Gasteiger partial charge is 0.406 e. The molecular weight excluding hydrogens is 333 g/mol. The normalized spacial score (nSPS) is 13.5. The van der Waals surface area contributed by atoms with E-state index in [9.17, 15) is 18.0 Å². The van der Waals surface area contributed by atoms with Gasteiger partial charge in [0.2, 0.25) is 0 Å². The molecule has 1 heterocycles. The Morgan fingerprint density at radius 3 is 2.52 bits per heavy atom. The van der Waals surface area contributed by atoms with Gasteiger partial charge in [0.05, 0.1) is 0 Å². The number of benzene rings is 2. The zero-order valence-electron chi connectivity index (χ0n) is 13.6. The Labute approximate surface area is 143 Å². The summed E-state index contributed by atoms with van der Waals surface area (Å²) in [5, 5.41) is 0. The standard InChI is InChI=1S/C18H17F3N2O2/c1-22(12-13-6-8-15(9-7-13)25-18(19,20)21)17(24)23-11-10-14-4-2-3-5-16(14)23/h2-9H,10-12H2,1H3. The fourth-order valence-electron chi connectivity index (χ4n) is 2.88. The Bertz CT molecular complexity index is 760. The van der Waals surface area contributed by atoms with E-state index in [1.165, 1.54) is 24.3 Å². The number of hydrogen-bond donors (Lipinski definition) is 0. The van der Waals surface area contributed by atoms with Gasteiger partial charge >= 0.3 is 12.4 Å². The Kier molecular flexibility index (Phi) is 4.57. The molecule has 3 rings (SSSR count). The number of alkyl halides is 3. The minimum Gasteiger partial charge on any atom is -0.406 e. The summed E-state index contributed by atoms with van der Waals surface area (Å²) in [5.41, 5.74) is 2.77. The summed E-state index contributed by atoms with van der Waals surface area (Å²) in [6.07, 6.45) is -3.89. The van der Waals surface area contributed by atoms with E-state index in [-0.39, 0.29) is 11.8 Å². The van der Waals surface area contributed by atoms with Crippen LogP contribution >= 0.6 is 0 Å². The first-order chi connectivity index (χ1) is 11.8. The average Bonchev–Trinajstić information content (AvgIpc) is 2.98. The highest BCUT2D eigenvalue weighted by Crippen LogP contribution is 2.28. The van der Waals surface area contributed by atoms with E-state index in [1.807, 2.05) is 24.3 Å². The van der Waals surface area contributed by atoms with E-state index in [0.717, 1.165) is 23.2 Å². The molecule has 25 heavy (non-hydrogen) atoms. The van der Waals surface area contributed by atoms with Crippen molar-refractivity contribution in [3.05, 3.63) is 59.7 Å². The van der Waals surface area contributed by atoms with Gasteiger partial charge in [-0.2, -0.15) is 0 Å². The molecule has 1 aliphatic rings. The van der Waals surface area contributed by atoms with Crippen molar-refractivity contribution in [1.29, 1.82) is 0 Å². The molecule has 7 heteroatoms. The number of amides is 2. The minimum absolute atomic E-state index is 0.138. The summed E-state index contributed by atoms with van der Waals surface area (Å²) < 4.78 is 40.4. The predicted octanol–water partition coefficient (Wildman–Crippen LogP) is 4.20. The quantitative estimate of drug-likeness (QED) is 0.831. The van der Waals surface area contributed by atoms with Gasteiger partial charge in [-0.3, -0.25) is 4.90 Å². The van der Waals surface area contributed by atoms with Gasteiger partial charge in [-0.05, 0) is 35.7 Å². The van der Waals surface area contributed by atoms with Gasteiger partial charge in [0.25, 0.3) is 0 Å². The fourth-order valence-corrected chi connectivity index (χ4v) is 2.88. The number of halogens is 3. The molecule has 0 unspecified atom stereocenters. The maximum absolute atomic E-state index is 12.6. The van der Waals surface area contributed by atoms with Crippen LogP contribution in [0.2, 0.25) is 0 Å².